The highest BCUT2D eigenvalue weighted by Crippen LogP contribution is 2.46. The summed E-state index contributed by atoms with van der Waals surface area (Å²) in [5.74, 6) is 0.417. The standard InChI is InChI=1S/C34H44O5S/c1-19-15-27(33(5,6)7)29(35)21(3)25(19)17-40(32(39)24-13-11-23(12-14-24)31(37)38)18-26-20(2)16-28(34(8,9)10)30(36)22(26)4/h11-16,35-36,40H,17-18H2,1-10H3,(H,37,38). The van der Waals surface area contributed by atoms with Gasteiger partial charge in [0.15, 0.2) is 5.12 Å². The van der Waals surface area contributed by atoms with Gasteiger partial charge in [-0.25, -0.2) is 4.79 Å². The van der Waals surface area contributed by atoms with Gasteiger partial charge >= 0.3 is 5.97 Å². The van der Waals surface area contributed by atoms with Gasteiger partial charge in [-0.15, -0.1) is 0 Å². The first-order valence-electron chi connectivity index (χ1n) is 13.6. The number of rotatable bonds is 6. The van der Waals surface area contributed by atoms with Gasteiger partial charge in [-0.05, 0) is 107 Å². The number of phenols is 2. The SMILES string of the molecule is Cc1cc(C(C)(C)C)c(O)c(C)c1C[SH](Cc1c(C)cc(C(C)(C)C)c(O)c1C)C(=O)c1ccc(C(=O)O)cc1. The normalized spacial score (nSPS) is 12.4. The molecule has 3 rings (SSSR count). The largest absolute Gasteiger partial charge is 0.507 e. The van der Waals surface area contributed by atoms with Crippen molar-refractivity contribution >= 4 is 22.0 Å². The number of hydrogen-bond donors (Lipinski definition) is 4. The lowest BCUT2D eigenvalue weighted by atomic mass is 9.83. The highest BCUT2D eigenvalue weighted by molar-refractivity contribution is 8.29. The summed E-state index contributed by atoms with van der Waals surface area (Å²) >= 11 is 0. The molecule has 3 aromatic rings. The van der Waals surface area contributed by atoms with E-state index in [0.29, 0.717) is 17.1 Å². The topological polar surface area (TPSA) is 94.8 Å². The molecule has 0 saturated carbocycles. The van der Waals surface area contributed by atoms with Crippen LogP contribution in [0.25, 0.3) is 0 Å². The lowest BCUT2D eigenvalue weighted by Crippen LogP contribution is -2.15. The molecular weight excluding hydrogens is 520 g/mol. The maximum absolute atomic E-state index is 14.1. The molecule has 0 aliphatic heterocycles. The smallest absolute Gasteiger partial charge is 0.335 e. The fourth-order valence-electron chi connectivity index (χ4n) is 5.17. The van der Waals surface area contributed by atoms with Gasteiger partial charge < -0.3 is 15.3 Å². The number of aromatic hydroxyl groups is 2. The van der Waals surface area contributed by atoms with Crippen LogP contribution in [-0.4, -0.2) is 26.4 Å². The van der Waals surface area contributed by atoms with E-state index in [4.69, 9.17) is 0 Å². The molecule has 0 radical (unpaired) electrons. The Morgan fingerprint density at radius 2 is 1.02 bits per heavy atom. The average Bonchev–Trinajstić information content (AvgIpc) is 2.85. The molecule has 3 aromatic carbocycles. The third-order valence-electron chi connectivity index (χ3n) is 7.78. The number of carbonyl (C=O) groups is 2. The maximum atomic E-state index is 14.1. The van der Waals surface area contributed by atoms with E-state index in [0.717, 1.165) is 44.5 Å². The number of carboxylic acids is 1. The molecule has 0 aliphatic rings. The number of thiol groups is 1. The molecule has 6 heteroatoms. The number of benzene rings is 3. The van der Waals surface area contributed by atoms with Crippen molar-refractivity contribution in [2.75, 3.05) is 0 Å². The third-order valence-corrected chi connectivity index (χ3v) is 10.0. The maximum Gasteiger partial charge on any atom is 0.335 e. The minimum atomic E-state index is -1.35. The van der Waals surface area contributed by atoms with Crippen molar-refractivity contribution in [1.29, 1.82) is 0 Å². The second-order valence-electron chi connectivity index (χ2n) is 12.9. The first-order chi connectivity index (χ1) is 18.3. The zero-order valence-corrected chi connectivity index (χ0v) is 26.4. The fraction of sp³-hybridized carbons (Fsp3) is 0.412. The van der Waals surface area contributed by atoms with E-state index in [9.17, 15) is 24.9 Å². The van der Waals surface area contributed by atoms with E-state index in [1.807, 2.05) is 39.8 Å². The predicted octanol–water partition coefficient (Wildman–Crippen LogP) is 8.17. The van der Waals surface area contributed by atoms with E-state index < -0.39 is 16.9 Å². The first-order valence-corrected chi connectivity index (χ1v) is 15.3. The molecule has 0 unspecified atom stereocenters. The number of carbonyl (C=O) groups excluding carboxylic acids is 1. The highest BCUT2D eigenvalue weighted by atomic mass is 32.2. The monoisotopic (exact) mass is 564 g/mol. The van der Waals surface area contributed by atoms with Gasteiger partial charge in [0.2, 0.25) is 0 Å². The Morgan fingerprint density at radius 3 is 1.35 bits per heavy atom. The minimum Gasteiger partial charge on any atom is -0.507 e. The second-order valence-corrected chi connectivity index (χ2v) is 15.0. The molecule has 40 heavy (non-hydrogen) atoms. The summed E-state index contributed by atoms with van der Waals surface area (Å²) in [6.07, 6.45) is 0. The molecule has 0 saturated heterocycles. The van der Waals surface area contributed by atoms with E-state index in [1.165, 1.54) is 12.1 Å². The summed E-state index contributed by atoms with van der Waals surface area (Å²) in [6.45, 7) is 20.3. The molecule has 0 spiro atoms. The quantitative estimate of drug-likeness (QED) is 0.227. The summed E-state index contributed by atoms with van der Waals surface area (Å²) < 4.78 is 0. The van der Waals surface area contributed by atoms with Gasteiger partial charge in [0.05, 0.1) is 5.56 Å². The second kappa shape index (κ2) is 11.3. The molecule has 0 bridgehead atoms. The lowest BCUT2D eigenvalue weighted by Gasteiger charge is -2.29. The lowest BCUT2D eigenvalue weighted by molar-refractivity contribution is 0.0696. The molecular formula is C34H44O5S. The van der Waals surface area contributed by atoms with E-state index in [2.05, 4.69) is 41.5 Å². The Labute approximate surface area is 241 Å². The fourth-order valence-corrected chi connectivity index (χ4v) is 7.82. The van der Waals surface area contributed by atoms with Crippen molar-refractivity contribution in [3.8, 4) is 11.5 Å². The van der Waals surface area contributed by atoms with Crippen LogP contribution in [0.15, 0.2) is 36.4 Å². The van der Waals surface area contributed by atoms with E-state index >= 15 is 0 Å². The van der Waals surface area contributed by atoms with E-state index in [-0.39, 0.29) is 33.0 Å². The molecule has 216 valence electrons. The van der Waals surface area contributed by atoms with Crippen molar-refractivity contribution in [3.05, 3.63) is 92.0 Å². The molecule has 0 atom stereocenters. The Balaban J connectivity index is 2.15. The number of phenolic OH excluding ortho intramolecular Hbond substituents is 2. The van der Waals surface area contributed by atoms with Crippen LogP contribution in [0, 0.1) is 27.7 Å². The van der Waals surface area contributed by atoms with Crippen LogP contribution in [0.4, 0.5) is 0 Å². The van der Waals surface area contributed by atoms with Crippen LogP contribution in [0.1, 0.15) is 107 Å². The van der Waals surface area contributed by atoms with Crippen LogP contribution in [0.3, 0.4) is 0 Å². The summed E-state index contributed by atoms with van der Waals surface area (Å²) in [4.78, 5) is 25.4. The van der Waals surface area contributed by atoms with Gasteiger partial charge in [-0.1, -0.05) is 53.7 Å². The molecule has 0 heterocycles. The Hall–Kier alpha value is -3.25. The summed E-state index contributed by atoms with van der Waals surface area (Å²) in [7, 11) is -1.35. The van der Waals surface area contributed by atoms with Crippen LogP contribution in [0.2, 0.25) is 0 Å². The average molecular weight is 565 g/mol. The van der Waals surface area contributed by atoms with Gasteiger partial charge in [0.1, 0.15) is 11.5 Å². The summed E-state index contributed by atoms with van der Waals surface area (Å²) in [6, 6.07) is 10.1. The van der Waals surface area contributed by atoms with Crippen LogP contribution in [-0.2, 0) is 22.3 Å². The van der Waals surface area contributed by atoms with E-state index in [1.54, 1.807) is 12.1 Å². The number of aromatic carboxylic acids is 1. The van der Waals surface area contributed by atoms with Crippen molar-refractivity contribution in [3.63, 3.8) is 0 Å². The number of carboxylic acid groups (broad SMARTS) is 1. The molecule has 0 amide bonds. The van der Waals surface area contributed by atoms with Gasteiger partial charge in [0.25, 0.3) is 0 Å². The zero-order chi connectivity index (χ0) is 30.3. The van der Waals surface area contributed by atoms with Crippen molar-refractivity contribution in [2.45, 2.75) is 91.6 Å². The molecule has 3 N–H and O–H groups in total. The van der Waals surface area contributed by atoms with Crippen LogP contribution in [0.5, 0.6) is 11.5 Å². The van der Waals surface area contributed by atoms with Crippen molar-refractivity contribution in [1.82, 2.24) is 0 Å². The number of aryl methyl sites for hydroxylation is 2. The van der Waals surface area contributed by atoms with Crippen molar-refractivity contribution < 1.29 is 24.9 Å². The first kappa shape index (κ1) is 31.3. The molecule has 0 aromatic heterocycles. The van der Waals surface area contributed by atoms with Crippen LogP contribution >= 0.6 is 10.9 Å². The summed E-state index contributed by atoms with van der Waals surface area (Å²) in [5.41, 5.74) is 7.42. The van der Waals surface area contributed by atoms with Crippen molar-refractivity contribution in [2.24, 2.45) is 0 Å². The Morgan fingerprint density at radius 1 is 0.675 bits per heavy atom. The van der Waals surface area contributed by atoms with Gasteiger partial charge in [0, 0.05) is 17.1 Å². The molecule has 0 fully saturated rings. The van der Waals surface area contributed by atoms with Gasteiger partial charge in [-0.2, -0.15) is 10.9 Å². The zero-order valence-electron chi connectivity index (χ0n) is 25.5. The number of hydrogen-bond acceptors (Lipinski definition) is 4. The Kier molecular flexibility index (Phi) is 8.85. The minimum absolute atomic E-state index is 0.0386. The Bertz CT molecular complexity index is 1380. The third kappa shape index (κ3) is 6.38. The van der Waals surface area contributed by atoms with Gasteiger partial charge in [-0.3, -0.25) is 4.79 Å². The molecule has 5 nitrogen and oxygen atoms in total. The predicted molar refractivity (Wildman–Crippen MR) is 167 cm³/mol. The van der Waals surface area contributed by atoms with Crippen LogP contribution < -0.4 is 0 Å². The highest BCUT2D eigenvalue weighted by Gasteiger charge is 2.27. The molecule has 0 aliphatic carbocycles. The summed E-state index contributed by atoms with van der Waals surface area (Å²) in [5, 5.41) is 31.6.